The minimum atomic E-state index is -0.363. The van der Waals surface area contributed by atoms with Crippen LogP contribution in [0.25, 0.3) is 9.40 Å². The van der Waals surface area contributed by atoms with Gasteiger partial charge in [-0.15, -0.1) is 22.7 Å². The minimum Gasteiger partial charge on any atom is -0.275 e. The van der Waals surface area contributed by atoms with E-state index in [1.807, 2.05) is 17.5 Å². The van der Waals surface area contributed by atoms with E-state index in [0.29, 0.717) is 4.88 Å². The lowest BCUT2D eigenvalue weighted by molar-refractivity contribution is 0.108. The molecule has 2 aromatic heterocycles. The Kier molecular flexibility index (Phi) is 1.71. The van der Waals surface area contributed by atoms with Crippen molar-refractivity contribution in [1.29, 1.82) is 0 Å². The zero-order chi connectivity index (χ0) is 7.84. The van der Waals surface area contributed by atoms with E-state index in [-0.39, 0.29) is 5.24 Å². The number of halogens is 1. The molecule has 0 radical (unpaired) electrons. The van der Waals surface area contributed by atoms with Gasteiger partial charge in [-0.1, -0.05) is 0 Å². The van der Waals surface area contributed by atoms with Gasteiger partial charge in [0.1, 0.15) is 0 Å². The molecule has 4 heteroatoms. The summed E-state index contributed by atoms with van der Waals surface area (Å²) in [5.41, 5.74) is 0. The predicted molar refractivity (Wildman–Crippen MR) is 49.9 cm³/mol. The SMILES string of the molecule is O=C(Cl)c1cc2sccc2s1. The van der Waals surface area contributed by atoms with Crippen molar-refractivity contribution in [3.63, 3.8) is 0 Å². The van der Waals surface area contributed by atoms with Crippen LogP contribution in [0.15, 0.2) is 17.5 Å². The van der Waals surface area contributed by atoms with E-state index < -0.39 is 0 Å². The molecule has 0 saturated carbocycles. The van der Waals surface area contributed by atoms with Crippen LogP contribution in [0.1, 0.15) is 9.67 Å². The molecule has 0 aliphatic carbocycles. The Labute approximate surface area is 76.2 Å². The number of hydrogen-bond acceptors (Lipinski definition) is 3. The molecule has 0 saturated heterocycles. The largest absolute Gasteiger partial charge is 0.275 e. The van der Waals surface area contributed by atoms with E-state index >= 15 is 0 Å². The number of rotatable bonds is 1. The van der Waals surface area contributed by atoms with Crippen molar-refractivity contribution in [2.24, 2.45) is 0 Å². The Morgan fingerprint density at radius 3 is 2.91 bits per heavy atom. The highest BCUT2D eigenvalue weighted by Crippen LogP contribution is 2.30. The summed E-state index contributed by atoms with van der Waals surface area (Å²) in [5.74, 6) is 0. The highest BCUT2D eigenvalue weighted by atomic mass is 35.5. The molecule has 0 fully saturated rings. The van der Waals surface area contributed by atoms with Gasteiger partial charge >= 0.3 is 0 Å². The van der Waals surface area contributed by atoms with Gasteiger partial charge in [-0.3, -0.25) is 4.79 Å². The number of carbonyl (C=O) groups excluding carboxylic acids is 1. The topological polar surface area (TPSA) is 17.1 Å². The Balaban J connectivity index is 2.67. The number of hydrogen-bond donors (Lipinski definition) is 0. The Morgan fingerprint density at radius 2 is 2.27 bits per heavy atom. The summed E-state index contributed by atoms with van der Waals surface area (Å²) in [6, 6.07) is 3.83. The first-order chi connectivity index (χ1) is 5.27. The van der Waals surface area contributed by atoms with E-state index in [0.717, 1.165) is 9.40 Å². The fraction of sp³-hybridized carbons (Fsp3) is 0. The Morgan fingerprint density at radius 1 is 1.45 bits per heavy atom. The van der Waals surface area contributed by atoms with Gasteiger partial charge in [0.2, 0.25) is 0 Å². The van der Waals surface area contributed by atoms with Crippen LogP contribution in [-0.4, -0.2) is 5.24 Å². The molecule has 0 spiro atoms. The number of thiophene rings is 2. The summed E-state index contributed by atoms with van der Waals surface area (Å²) in [6.07, 6.45) is 0. The van der Waals surface area contributed by atoms with E-state index in [9.17, 15) is 4.79 Å². The fourth-order valence-electron chi connectivity index (χ4n) is 0.863. The molecule has 0 bridgehead atoms. The molecule has 0 atom stereocenters. The third kappa shape index (κ3) is 1.20. The third-order valence-electron chi connectivity index (χ3n) is 1.33. The normalized spacial score (nSPS) is 10.6. The van der Waals surface area contributed by atoms with Crippen LogP contribution in [0.4, 0.5) is 0 Å². The van der Waals surface area contributed by atoms with Crippen LogP contribution in [0, 0.1) is 0 Å². The van der Waals surface area contributed by atoms with Crippen molar-refractivity contribution in [3.8, 4) is 0 Å². The maximum Gasteiger partial charge on any atom is 0.262 e. The highest BCUT2D eigenvalue weighted by Gasteiger charge is 2.07. The summed E-state index contributed by atoms with van der Waals surface area (Å²) in [7, 11) is 0. The maximum atomic E-state index is 10.7. The van der Waals surface area contributed by atoms with Gasteiger partial charge < -0.3 is 0 Å². The van der Waals surface area contributed by atoms with Crippen molar-refractivity contribution < 1.29 is 4.79 Å². The van der Waals surface area contributed by atoms with Crippen molar-refractivity contribution in [2.75, 3.05) is 0 Å². The fourth-order valence-corrected chi connectivity index (χ4v) is 2.97. The van der Waals surface area contributed by atoms with E-state index in [1.165, 1.54) is 11.3 Å². The van der Waals surface area contributed by atoms with Gasteiger partial charge in [-0.25, -0.2) is 0 Å². The van der Waals surface area contributed by atoms with Gasteiger partial charge in [0.15, 0.2) is 0 Å². The molecule has 0 aromatic carbocycles. The quantitative estimate of drug-likeness (QED) is 0.649. The van der Waals surface area contributed by atoms with Crippen molar-refractivity contribution in [1.82, 2.24) is 0 Å². The summed E-state index contributed by atoms with van der Waals surface area (Å²) in [4.78, 5) is 11.3. The zero-order valence-electron chi connectivity index (χ0n) is 5.33. The predicted octanol–water partition coefficient (Wildman–Crippen LogP) is 3.34. The van der Waals surface area contributed by atoms with E-state index in [2.05, 4.69) is 0 Å². The molecule has 0 aliphatic heterocycles. The second-order valence-corrected chi connectivity index (χ2v) is 4.41. The van der Waals surface area contributed by atoms with Crippen molar-refractivity contribution in [2.45, 2.75) is 0 Å². The standard InChI is InChI=1S/C7H3ClOS2/c8-7(9)6-3-5-4(11-6)1-2-10-5/h1-3H. The van der Waals surface area contributed by atoms with Crippen LogP contribution in [-0.2, 0) is 0 Å². The number of fused-ring (bicyclic) bond motifs is 1. The lowest BCUT2D eigenvalue weighted by Gasteiger charge is -1.78. The van der Waals surface area contributed by atoms with Gasteiger partial charge in [0, 0.05) is 9.40 Å². The Bertz CT molecular complexity index is 373. The van der Waals surface area contributed by atoms with E-state index in [4.69, 9.17) is 11.6 Å². The smallest absolute Gasteiger partial charge is 0.262 e. The van der Waals surface area contributed by atoms with Crippen molar-refractivity contribution >= 4 is 48.9 Å². The monoisotopic (exact) mass is 202 g/mol. The molecule has 0 aliphatic rings. The summed E-state index contributed by atoms with van der Waals surface area (Å²) >= 11 is 8.37. The summed E-state index contributed by atoms with van der Waals surface area (Å²) in [5, 5.41) is 1.64. The average Bonchev–Trinajstić information content (AvgIpc) is 2.40. The van der Waals surface area contributed by atoms with Gasteiger partial charge in [-0.2, -0.15) is 0 Å². The van der Waals surface area contributed by atoms with Crippen LogP contribution in [0.2, 0.25) is 0 Å². The van der Waals surface area contributed by atoms with Crippen LogP contribution >= 0.6 is 34.3 Å². The molecule has 1 nitrogen and oxygen atoms in total. The molecule has 2 aromatic rings. The molecule has 0 N–H and O–H groups in total. The Hall–Kier alpha value is -0.380. The lowest BCUT2D eigenvalue weighted by atomic mass is 10.5. The lowest BCUT2D eigenvalue weighted by Crippen LogP contribution is -1.78. The maximum absolute atomic E-state index is 10.7. The second kappa shape index (κ2) is 2.59. The molecule has 0 amide bonds. The molecule has 2 heterocycles. The first-order valence-corrected chi connectivity index (χ1v) is 5.01. The molecule has 0 unspecified atom stereocenters. The second-order valence-electron chi connectivity index (χ2n) is 2.03. The van der Waals surface area contributed by atoms with Crippen LogP contribution in [0.3, 0.4) is 0 Å². The minimum absolute atomic E-state index is 0.363. The van der Waals surface area contributed by atoms with Crippen LogP contribution in [0.5, 0.6) is 0 Å². The van der Waals surface area contributed by atoms with Crippen LogP contribution < -0.4 is 0 Å². The molecule has 56 valence electrons. The average molecular weight is 203 g/mol. The van der Waals surface area contributed by atoms with Gasteiger partial charge in [-0.05, 0) is 29.1 Å². The van der Waals surface area contributed by atoms with Gasteiger partial charge in [0.05, 0.1) is 4.88 Å². The summed E-state index contributed by atoms with van der Waals surface area (Å²) in [6.45, 7) is 0. The third-order valence-corrected chi connectivity index (χ3v) is 3.74. The van der Waals surface area contributed by atoms with Crippen molar-refractivity contribution in [3.05, 3.63) is 22.4 Å². The molecular weight excluding hydrogens is 200 g/mol. The zero-order valence-corrected chi connectivity index (χ0v) is 7.72. The van der Waals surface area contributed by atoms with E-state index in [1.54, 1.807) is 11.3 Å². The first-order valence-electron chi connectivity index (χ1n) is 2.94. The molecular formula is C7H3ClOS2. The first kappa shape index (κ1) is 7.28. The highest BCUT2D eigenvalue weighted by molar-refractivity contribution is 7.28. The summed E-state index contributed by atoms with van der Waals surface area (Å²) < 4.78 is 2.28. The number of carbonyl (C=O) groups is 1. The molecule has 11 heavy (non-hydrogen) atoms. The van der Waals surface area contributed by atoms with Gasteiger partial charge in [0.25, 0.3) is 5.24 Å². The molecule has 2 rings (SSSR count).